The number of nitrogens with zero attached hydrogens (tertiary/aromatic N) is 1. The van der Waals surface area contributed by atoms with Crippen molar-refractivity contribution in [1.82, 2.24) is 4.90 Å². The normalized spacial score (nSPS) is 19.8. The maximum absolute atomic E-state index is 12.2. The Bertz CT molecular complexity index is 620. The fraction of sp³-hybridized carbons (Fsp3) is 0.500. The van der Waals surface area contributed by atoms with Gasteiger partial charge in [0.2, 0.25) is 5.91 Å². The van der Waals surface area contributed by atoms with Crippen molar-refractivity contribution in [2.45, 2.75) is 18.7 Å². The van der Waals surface area contributed by atoms with Gasteiger partial charge in [0.15, 0.2) is 11.5 Å². The predicted molar refractivity (Wildman–Crippen MR) is 88.2 cm³/mol. The molecule has 1 aliphatic rings. The van der Waals surface area contributed by atoms with Gasteiger partial charge in [-0.05, 0) is 19.1 Å². The van der Waals surface area contributed by atoms with E-state index in [0.29, 0.717) is 23.8 Å². The van der Waals surface area contributed by atoms with Crippen molar-refractivity contribution in [3.63, 3.8) is 0 Å². The number of carbonyl (C=O) groups is 2. The third-order valence-corrected chi connectivity index (χ3v) is 5.14. The molecule has 0 unspecified atom stereocenters. The molecule has 0 bridgehead atoms. The second-order valence-electron chi connectivity index (χ2n) is 5.07. The standard InChI is InChI=1S/C16H21NO6S/c1-3-22-16(19)10-14(18)17-8-9-24(20)15(17)11-23-13-7-5-4-6-12(13)21-2/h4-7,15H,3,8-11H2,1-2H3/t15-,24-/m0/s1. The number of benzene rings is 1. The van der Waals surface area contributed by atoms with Crippen LogP contribution in [0.3, 0.4) is 0 Å². The Kier molecular flexibility index (Phi) is 6.60. The van der Waals surface area contributed by atoms with E-state index in [1.54, 1.807) is 25.1 Å². The van der Waals surface area contributed by atoms with Crippen molar-refractivity contribution in [3.05, 3.63) is 24.3 Å². The molecule has 8 heteroatoms. The molecule has 1 aliphatic heterocycles. The van der Waals surface area contributed by atoms with Crippen LogP contribution in [0.25, 0.3) is 0 Å². The summed E-state index contributed by atoms with van der Waals surface area (Å²) < 4.78 is 27.8. The molecule has 0 saturated carbocycles. The molecule has 1 aromatic carbocycles. The third kappa shape index (κ3) is 4.47. The van der Waals surface area contributed by atoms with Gasteiger partial charge in [0, 0.05) is 23.1 Å². The highest BCUT2D eigenvalue weighted by Crippen LogP contribution is 2.27. The number of hydrogen-bond donors (Lipinski definition) is 0. The van der Waals surface area contributed by atoms with E-state index in [-0.39, 0.29) is 19.6 Å². The highest BCUT2D eigenvalue weighted by atomic mass is 32.2. The van der Waals surface area contributed by atoms with Gasteiger partial charge in [-0.2, -0.15) is 0 Å². The van der Waals surface area contributed by atoms with Gasteiger partial charge in [0.05, 0.1) is 13.7 Å². The molecular formula is C16H21NO6S. The molecule has 0 radical (unpaired) electrons. The third-order valence-electron chi connectivity index (χ3n) is 3.56. The number of rotatable bonds is 7. The zero-order valence-electron chi connectivity index (χ0n) is 13.7. The van der Waals surface area contributed by atoms with Crippen molar-refractivity contribution in [2.75, 3.05) is 32.6 Å². The van der Waals surface area contributed by atoms with Gasteiger partial charge < -0.3 is 19.1 Å². The Morgan fingerprint density at radius 3 is 2.67 bits per heavy atom. The Balaban J connectivity index is 2.00. The second kappa shape index (κ2) is 8.68. The summed E-state index contributed by atoms with van der Waals surface area (Å²) in [6, 6.07) is 7.10. The first kappa shape index (κ1) is 18.3. The average Bonchev–Trinajstić information content (AvgIpc) is 2.94. The fourth-order valence-corrected chi connectivity index (χ4v) is 3.77. The van der Waals surface area contributed by atoms with Gasteiger partial charge >= 0.3 is 5.97 Å². The maximum atomic E-state index is 12.2. The average molecular weight is 355 g/mol. The van der Waals surface area contributed by atoms with Crippen molar-refractivity contribution in [2.24, 2.45) is 0 Å². The first-order chi connectivity index (χ1) is 11.6. The lowest BCUT2D eigenvalue weighted by molar-refractivity contribution is -0.148. The number of hydrogen-bond acceptors (Lipinski definition) is 6. The van der Waals surface area contributed by atoms with Crippen LogP contribution < -0.4 is 9.47 Å². The van der Waals surface area contributed by atoms with Crippen LogP contribution in [0.4, 0.5) is 0 Å². The van der Waals surface area contributed by atoms with Crippen molar-refractivity contribution >= 4 is 22.7 Å². The van der Waals surface area contributed by atoms with Gasteiger partial charge in [0.1, 0.15) is 18.4 Å². The molecule has 0 aromatic heterocycles. The number of ether oxygens (including phenoxy) is 3. The van der Waals surface area contributed by atoms with Crippen molar-refractivity contribution in [3.8, 4) is 11.5 Å². The number of para-hydroxylation sites is 2. The Morgan fingerprint density at radius 1 is 1.29 bits per heavy atom. The van der Waals surface area contributed by atoms with Crippen LogP contribution in [0.1, 0.15) is 13.3 Å². The number of methoxy groups -OCH3 is 1. The number of esters is 1. The van der Waals surface area contributed by atoms with E-state index in [1.807, 2.05) is 6.07 Å². The van der Waals surface area contributed by atoms with Crippen LogP contribution in [0.15, 0.2) is 24.3 Å². The molecule has 0 spiro atoms. The molecule has 2 atom stereocenters. The quantitative estimate of drug-likeness (QED) is 0.535. The van der Waals surface area contributed by atoms with E-state index in [9.17, 15) is 13.8 Å². The SMILES string of the molecule is CCOC(=O)CC(=O)N1CC[S@](=O)[C@H]1COc1ccccc1OC. The van der Waals surface area contributed by atoms with E-state index in [2.05, 4.69) is 0 Å². The van der Waals surface area contributed by atoms with Gasteiger partial charge in [0.25, 0.3) is 0 Å². The van der Waals surface area contributed by atoms with Crippen molar-refractivity contribution in [1.29, 1.82) is 0 Å². The summed E-state index contributed by atoms with van der Waals surface area (Å²) in [5.74, 6) is 0.471. The molecular weight excluding hydrogens is 334 g/mol. The molecule has 1 heterocycles. The largest absolute Gasteiger partial charge is 0.493 e. The van der Waals surface area contributed by atoms with Gasteiger partial charge in [-0.15, -0.1) is 0 Å². The van der Waals surface area contributed by atoms with Crippen LogP contribution in [0, 0.1) is 0 Å². The lowest BCUT2D eigenvalue weighted by Gasteiger charge is -2.23. The van der Waals surface area contributed by atoms with E-state index < -0.39 is 28.0 Å². The molecule has 1 fully saturated rings. The number of carbonyl (C=O) groups excluding carboxylic acids is 2. The van der Waals surface area contributed by atoms with Gasteiger partial charge in [-0.1, -0.05) is 12.1 Å². The smallest absolute Gasteiger partial charge is 0.315 e. The molecule has 2 rings (SSSR count). The highest BCUT2D eigenvalue weighted by molar-refractivity contribution is 7.85. The molecule has 1 aromatic rings. The summed E-state index contributed by atoms with van der Waals surface area (Å²) in [6.45, 7) is 2.31. The molecule has 24 heavy (non-hydrogen) atoms. The molecule has 0 N–H and O–H groups in total. The molecule has 7 nitrogen and oxygen atoms in total. The zero-order chi connectivity index (χ0) is 17.5. The van der Waals surface area contributed by atoms with Crippen LogP contribution in [-0.4, -0.2) is 59.0 Å². The summed E-state index contributed by atoms with van der Waals surface area (Å²) in [6.07, 6.45) is -0.351. The lowest BCUT2D eigenvalue weighted by atomic mass is 10.3. The van der Waals surface area contributed by atoms with E-state index in [0.717, 1.165) is 0 Å². The summed E-state index contributed by atoms with van der Waals surface area (Å²) in [7, 11) is 0.308. The van der Waals surface area contributed by atoms with Crippen LogP contribution in [0.5, 0.6) is 11.5 Å². The Hall–Kier alpha value is -2.09. The van der Waals surface area contributed by atoms with Crippen LogP contribution in [-0.2, 0) is 25.1 Å². The lowest BCUT2D eigenvalue weighted by Crippen LogP contribution is -2.41. The first-order valence-electron chi connectivity index (χ1n) is 7.65. The summed E-state index contributed by atoms with van der Waals surface area (Å²) in [4.78, 5) is 25.1. The van der Waals surface area contributed by atoms with Crippen molar-refractivity contribution < 1.29 is 28.0 Å². The van der Waals surface area contributed by atoms with Gasteiger partial charge in [-0.25, -0.2) is 0 Å². The zero-order valence-corrected chi connectivity index (χ0v) is 14.5. The Labute approximate surface area is 143 Å². The van der Waals surface area contributed by atoms with E-state index in [1.165, 1.54) is 12.0 Å². The first-order valence-corrected chi connectivity index (χ1v) is 9.03. The minimum Gasteiger partial charge on any atom is -0.493 e. The molecule has 0 aliphatic carbocycles. The predicted octanol–water partition coefficient (Wildman–Crippen LogP) is 0.944. The summed E-state index contributed by atoms with van der Waals surface area (Å²) in [5.41, 5.74) is 0. The minimum atomic E-state index is -1.22. The molecule has 1 saturated heterocycles. The minimum absolute atomic E-state index is 0.0710. The highest BCUT2D eigenvalue weighted by Gasteiger charge is 2.36. The van der Waals surface area contributed by atoms with Crippen LogP contribution >= 0.6 is 0 Å². The van der Waals surface area contributed by atoms with Crippen LogP contribution in [0.2, 0.25) is 0 Å². The topological polar surface area (TPSA) is 82.1 Å². The van der Waals surface area contributed by atoms with Gasteiger partial charge in [-0.3, -0.25) is 13.8 Å². The monoisotopic (exact) mass is 355 g/mol. The fourth-order valence-electron chi connectivity index (χ4n) is 2.40. The second-order valence-corrected chi connectivity index (χ2v) is 6.78. The molecule has 1 amide bonds. The van der Waals surface area contributed by atoms with E-state index >= 15 is 0 Å². The Morgan fingerprint density at radius 2 is 2.00 bits per heavy atom. The maximum Gasteiger partial charge on any atom is 0.315 e. The number of amides is 1. The summed E-state index contributed by atoms with van der Waals surface area (Å²) in [5, 5.41) is -0.586. The summed E-state index contributed by atoms with van der Waals surface area (Å²) >= 11 is 0. The van der Waals surface area contributed by atoms with E-state index in [4.69, 9.17) is 14.2 Å². The molecule has 132 valence electrons.